The number of morpholine rings is 1. The molecule has 2 N–H and O–H groups in total. The number of carbonyl (C=O) groups excluding carboxylic acids is 1. The molecule has 0 aliphatic carbocycles. The van der Waals surface area contributed by atoms with Gasteiger partial charge in [-0.2, -0.15) is 13.2 Å². The number of benzene rings is 1. The van der Waals surface area contributed by atoms with Crippen LogP contribution in [0.3, 0.4) is 0 Å². The van der Waals surface area contributed by atoms with Crippen molar-refractivity contribution in [1.29, 1.82) is 0 Å². The van der Waals surface area contributed by atoms with Crippen LogP contribution < -0.4 is 15.5 Å². The molecule has 7 nitrogen and oxygen atoms in total. The molecule has 1 fully saturated rings. The average Bonchev–Trinajstić information content (AvgIpc) is 2.62. The van der Waals surface area contributed by atoms with Gasteiger partial charge in [-0.05, 0) is 24.3 Å². The second kappa shape index (κ2) is 7.56. The number of nitrogens with zero attached hydrogens (tertiary/aromatic N) is 3. The van der Waals surface area contributed by atoms with Crippen molar-refractivity contribution in [2.45, 2.75) is 6.18 Å². The van der Waals surface area contributed by atoms with Gasteiger partial charge in [-0.3, -0.25) is 5.32 Å². The lowest BCUT2D eigenvalue weighted by molar-refractivity contribution is -0.137. The zero-order chi connectivity index (χ0) is 18.6. The van der Waals surface area contributed by atoms with Crippen molar-refractivity contribution in [2.75, 3.05) is 41.8 Å². The van der Waals surface area contributed by atoms with Gasteiger partial charge < -0.3 is 15.0 Å². The zero-order valence-electron chi connectivity index (χ0n) is 13.6. The van der Waals surface area contributed by atoms with Gasteiger partial charge in [0, 0.05) is 24.8 Å². The maximum absolute atomic E-state index is 12.5. The molecule has 2 aromatic rings. The summed E-state index contributed by atoms with van der Waals surface area (Å²) in [7, 11) is 0. The molecule has 0 bridgehead atoms. The third kappa shape index (κ3) is 4.60. The molecule has 1 aromatic heterocycles. The number of hydrogen-bond acceptors (Lipinski definition) is 5. The Bertz CT molecular complexity index is 761. The Balaban J connectivity index is 1.61. The van der Waals surface area contributed by atoms with E-state index in [9.17, 15) is 18.0 Å². The van der Waals surface area contributed by atoms with Crippen molar-refractivity contribution in [1.82, 2.24) is 9.97 Å². The summed E-state index contributed by atoms with van der Waals surface area (Å²) in [6.07, 6.45) is -3.09. The Hall–Kier alpha value is -2.88. The topological polar surface area (TPSA) is 79.4 Å². The minimum atomic E-state index is -4.42. The van der Waals surface area contributed by atoms with E-state index in [4.69, 9.17) is 4.74 Å². The molecule has 10 heteroatoms. The Kier molecular flexibility index (Phi) is 5.21. The SMILES string of the molecule is O=C(Nc1ccc(C(F)(F)F)cc1)Nc1cc(N2CCOCC2)ncn1. The van der Waals surface area contributed by atoms with Gasteiger partial charge in [-0.15, -0.1) is 0 Å². The molecule has 0 saturated carbocycles. The third-order valence-corrected chi connectivity index (χ3v) is 3.70. The van der Waals surface area contributed by atoms with Crippen molar-refractivity contribution in [3.05, 3.63) is 42.2 Å². The molecule has 0 spiro atoms. The van der Waals surface area contributed by atoms with E-state index in [2.05, 4.69) is 20.6 Å². The van der Waals surface area contributed by atoms with Crippen LogP contribution in [0.4, 0.5) is 35.3 Å². The summed E-state index contributed by atoms with van der Waals surface area (Å²) in [6.45, 7) is 2.57. The first-order chi connectivity index (χ1) is 12.4. The predicted octanol–water partition coefficient (Wildman–Crippen LogP) is 2.98. The number of carbonyl (C=O) groups is 1. The largest absolute Gasteiger partial charge is 0.416 e. The molecule has 138 valence electrons. The van der Waals surface area contributed by atoms with Gasteiger partial charge in [0.1, 0.15) is 18.0 Å². The van der Waals surface area contributed by atoms with Crippen molar-refractivity contribution < 1.29 is 22.7 Å². The molecule has 2 amide bonds. The number of ether oxygens (including phenoxy) is 1. The van der Waals surface area contributed by atoms with Crippen LogP contribution in [-0.2, 0) is 10.9 Å². The number of aromatic nitrogens is 2. The molecule has 0 unspecified atom stereocenters. The van der Waals surface area contributed by atoms with E-state index >= 15 is 0 Å². The quantitative estimate of drug-likeness (QED) is 0.872. The highest BCUT2D eigenvalue weighted by Gasteiger charge is 2.30. The fraction of sp³-hybridized carbons (Fsp3) is 0.312. The Morgan fingerprint density at radius 3 is 2.42 bits per heavy atom. The Morgan fingerprint density at radius 1 is 1.08 bits per heavy atom. The second-order valence-electron chi connectivity index (χ2n) is 5.52. The second-order valence-corrected chi connectivity index (χ2v) is 5.52. The van der Waals surface area contributed by atoms with Gasteiger partial charge in [0.25, 0.3) is 0 Å². The summed E-state index contributed by atoms with van der Waals surface area (Å²) in [5.41, 5.74) is -0.549. The summed E-state index contributed by atoms with van der Waals surface area (Å²) in [5.74, 6) is 0.944. The van der Waals surface area contributed by atoms with Crippen LogP contribution in [0.2, 0.25) is 0 Å². The number of urea groups is 1. The molecular weight excluding hydrogens is 351 g/mol. The molecule has 26 heavy (non-hydrogen) atoms. The first-order valence-electron chi connectivity index (χ1n) is 7.82. The highest BCUT2D eigenvalue weighted by molar-refractivity contribution is 5.99. The third-order valence-electron chi connectivity index (χ3n) is 3.70. The summed E-state index contributed by atoms with van der Waals surface area (Å²) >= 11 is 0. The zero-order valence-corrected chi connectivity index (χ0v) is 13.6. The minimum absolute atomic E-state index is 0.234. The van der Waals surface area contributed by atoms with Crippen molar-refractivity contribution >= 4 is 23.4 Å². The van der Waals surface area contributed by atoms with Gasteiger partial charge in [0.2, 0.25) is 0 Å². The van der Waals surface area contributed by atoms with Crippen LogP contribution in [0, 0.1) is 0 Å². The van der Waals surface area contributed by atoms with E-state index in [1.54, 1.807) is 6.07 Å². The summed E-state index contributed by atoms with van der Waals surface area (Å²) in [4.78, 5) is 22.2. The monoisotopic (exact) mass is 367 g/mol. The van der Waals surface area contributed by atoms with E-state index in [1.165, 1.54) is 18.5 Å². The number of halogens is 3. The van der Waals surface area contributed by atoms with Crippen LogP contribution in [0.1, 0.15) is 5.56 Å². The standard InChI is InChI=1S/C16H16F3N5O2/c17-16(18,19)11-1-3-12(4-2-11)22-15(25)23-13-9-14(21-10-20-13)24-5-7-26-8-6-24/h1-4,9-10H,5-8H2,(H2,20,21,22,23,25). The normalized spacial score (nSPS) is 14.8. The van der Waals surface area contributed by atoms with Crippen LogP contribution in [0.15, 0.2) is 36.7 Å². The van der Waals surface area contributed by atoms with Gasteiger partial charge in [0.15, 0.2) is 0 Å². The van der Waals surface area contributed by atoms with E-state index in [1.807, 2.05) is 4.90 Å². The number of rotatable bonds is 3. The number of alkyl halides is 3. The Labute approximate surface area is 147 Å². The first kappa shape index (κ1) is 17.9. The van der Waals surface area contributed by atoms with E-state index in [-0.39, 0.29) is 11.5 Å². The summed E-state index contributed by atoms with van der Waals surface area (Å²) < 4.78 is 42.9. The lowest BCUT2D eigenvalue weighted by Gasteiger charge is -2.27. The molecule has 0 radical (unpaired) electrons. The van der Waals surface area contributed by atoms with Crippen molar-refractivity contribution in [3.8, 4) is 0 Å². The highest BCUT2D eigenvalue weighted by Crippen LogP contribution is 2.29. The highest BCUT2D eigenvalue weighted by atomic mass is 19.4. The van der Waals surface area contributed by atoms with Crippen molar-refractivity contribution in [3.63, 3.8) is 0 Å². The Morgan fingerprint density at radius 2 is 1.77 bits per heavy atom. The lowest BCUT2D eigenvalue weighted by atomic mass is 10.2. The van der Waals surface area contributed by atoms with Gasteiger partial charge >= 0.3 is 12.2 Å². The van der Waals surface area contributed by atoms with Crippen LogP contribution >= 0.6 is 0 Å². The smallest absolute Gasteiger partial charge is 0.378 e. The lowest BCUT2D eigenvalue weighted by Crippen LogP contribution is -2.36. The summed E-state index contributed by atoms with van der Waals surface area (Å²) in [5, 5.41) is 4.99. The molecule has 1 aromatic carbocycles. The number of amides is 2. The average molecular weight is 367 g/mol. The van der Waals surface area contributed by atoms with Gasteiger partial charge in [-0.25, -0.2) is 14.8 Å². The fourth-order valence-corrected chi connectivity index (χ4v) is 2.40. The molecule has 3 rings (SSSR count). The van der Waals surface area contributed by atoms with Crippen molar-refractivity contribution in [2.24, 2.45) is 0 Å². The minimum Gasteiger partial charge on any atom is -0.378 e. The molecular formula is C16H16F3N5O2. The predicted molar refractivity (Wildman–Crippen MR) is 89.1 cm³/mol. The van der Waals surface area contributed by atoms with Crippen LogP contribution in [-0.4, -0.2) is 42.3 Å². The van der Waals surface area contributed by atoms with Crippen LogP contribution in [0.5, 0.6) is 0 Å². The maximum atomic E-state index is 12.5. The number of hydrogen-bond donors (Lipinski definition) is 2. The molecule has 1 aliphatic heterocycles. The fourth-order valence-electron chi connectivity index (χ4n) is 2.40. The maximum Gasteiger partial charge on any atom is 0.416 e. The first-order valence-corrected chi connectivity index (χ1v) is 7.82. The van der Waals surface area contributed by atoms with Gasteiger partial charge in [0.05, 0.1) is 18.8 Å². The van der Waals surface area contributed by atoms with E-state index < -0.39 is 17.8 Å². The van der Waals surface area contributed by atoms with Gasteiger partial charge in [-0.1, -0.05) is 0 Å². The molecule has 1 aliphatic rings. The molecule has 0 atom stereocenters. The molecule has 1 saturated heterocycles. The van der Waals surface area contributed by atoms with E-state index in [0.29, 0.717) is 32.1 Å². The summed E-state index contributed by atoms with van der Waals surface area (Å²) in [6, 6.07) is 5.17. The number of anilines is 3. The number of nitrogens with one attached hydrogen (secondary N) is 2. The van der Waals surface area contributed by atoms with E-state index in [0.717, 1.165) is 12.1 Å². The molecule has 2 heterocycles. The van der Waals surface area contributed by atoms with Crippen LogP contribution in [0.25, 0.3) is 0 Å².